The standard InChI is InChI=1S/C11H10Cl2N2O5/c1-5(11(17)20-2)14-10(16)6-3-7(12)9(13)8(4-6)15(18)19/h3-5H,1-2H3,(H,14,16). The molecule has 0 fully saturated rings. The molecule has 108 valence electrons. The summed E-state index contributed by atoms with van der Waals surface area (Å²) in [6.45, 7) is 1.41. The lowest BCUT2D eigenvalue weighted by Crippen LogP contribution is -2.39. The van der Waals surface area contributed by atoms with Gasteiger partial charge < -0.3 is 10.1 Å². The summed E-state index contributed by atoms with van der Waals surface area (Å²) in [7, 11) is 1.18. The van der Waals surface area contributed by atoms with Gasteiger partial charge in [-0.25, -0.2) is 4.79 Å². The van der Waals surface area contributed by atoms with Gasteiger partial charge in [0, 0.05) is 11.6 Å². The maximum atomic E-state index is 11.9. The zero-order chi connectivity index (χ0) is 15.4. The number of nitrogens with one attached hydrogen (secondary N) is 1. The van der Waals surface area contributed by atoms with Gasteiger partial charge in [-0.1, -0.05) is 23.2 Å². The van der Waals surface area contributed by atoms with Gasteiger partial charge in [0.1, 0.15) is 11.1 Å². The van der Waals surface area contributed by atoms with Crippen molar-refractivity contribution in [3.05, 3.63) is 37.9 Å². The monoisotopic (exact) mass is 320 g/mol. The summed E-state index contributed by atoms with van der Waals surface area (Å²) in [5, 5.41) is 12.7. The van der Waals surface area contributed by atoms with Crippen molar-refractivity contribution in [3.63, 3.8) is 0 Å². The number of hydrogen-bond acceptors (Lipinski definition) is 5. The summed E-state index contributed by atoms with van der Waals surface area (Å²) in [6.07, 6.45) is 0. The van der Waals surface area contributed by atoms with Crippen molar-refractivity contribution in [1.82, 2.24) is 5.32 Å². The Morgan fingerprint density at radius 2 is 2.00 bits per heavy atom. The van der Waals surface area contributed by atoms with Gasteiger partial charge in [-0.15, -0.1) is 0 Å². The molecule has 0 saturated carbocycles. The van der Waals surface area contributed by atoms with Crippen molar-refractivity contribution in [2.24, 2.45) is 0 Å². The van der Waals surface area contributed by atoms with Gasteiger partial charge >= 0.3 is 5.97 Å². The fourth-order valence-electron chi connectivity index (χ4n) is 1.35. The number of carbonyl (C=O) groups is 2. The normalized spacial score (nSPS) is 11.6. The number of amides is 1. The van der Waals surface area contributed by atoms with E-state index in [9.17, 15) is 19.7 Å². The van der Waals surface area contributed by atoms with Crippen LogP contribution in [-0.4, -0.2) is 30.0 Å². The first-order valence-electron chi connectivity index (χ1n) is 5.30. The fourth-order valence-corrected chi connectivity index (χ4v) is 1.75. The molecule has 0 aliphatic rings. The first-order valence-corrected chi connectivity index (χ1v) is 6.05. The maximum Gasteiger partial charge on any atom is 0.328 e. The molecule has 20 heavy (non-hydrogen) atoms. The predicted molar refractivity (Wildman–Crippen MR) is 72.1 cm³/mol. The summed E-state index contributed by atoms with van der Waals surface area (Å²) in [4.78, 5) is 33.1. The molecule has 0 aliphatic carbocycles. The van der Waals surface area contributed by atoms with Crippen molar-refractivity contribution in [2.75, 3.05) is 7.11 Å². The molecular formula is C11H10Cl2N2O5. The van der Waals surface area contributed by atoms with Gasteiger partial charge in [-0.3, -0.25) is 14.9 Å². The van der Waals surface area contributed by atoms with Crippen molar-refractivity contribution >= 4 is 40.8 Å². The Kier molecular flexibility index (Phi) is 5.29. The highest BCUT2D eigenvalue weighted by Gasteiger charge is 2.22. The molecule has 0 saturated heterocycles. The average Bonchev–Trinajstić information content (AvgIpc) is 2.39. The Bertz CT molecular complexity index is 576. The number of carbonyl (C=O) groups excluding carboxylic acids is 2. The van der Waals surface area contributed by atoms with E-state index >= 15 is 0 Å². The predicted octanol–water partition coefficient (Wildman–Crippen LogP) is 2.19. The lowest BCUT2D eigenvalue weighted by atomic mass is 10.1. The molecule has 1 amide bonds. The Labute approximate surface area is 124 Å². The molecule has 1 rings (SSSR count). The molecule has 0 heterocycles. The first-order chi connectivity index (χ1) is 9.27. The van der Waals surface area contributed by atoms with Crippen LogP contribution in [0.5, 0.6) is 0 Å². The van der Waals surface area contributed by atoms with Crippen molar-refractivity contribution in [2.45, 2.75) is 13.0 Å². The topological polar surface area (TPSA) is 98.5 Å². The molecule has 0 aliphatic heterocycles. The third-order valence-corrected chi connectivity index (χ3v) is 3.16. The number of hydrogen-bond donors (Lipinski definition) is 1. The minimum atomic E-state index is -0.902. The molecule has 7 nitrogen and oxygen atoms in total. The quantitative estimate of drug-likeness (QED) is 0.521. The van der Waals surface area contributed by atoms with E-state index in [1.807, 2.05) is 0 Å². The van der Waals surface area contributed by atoms with Crippen molar-refractivity contribution in [3.8, 4) is 0 Å². The number of esters is 1. The fraction of sp³-hybridized carbons (Fsp3) is 0.273. The van der Waals surface area contributed by atoms with E-state index in [-0.39, 0.29) is 15.6 Å². The maximum absolute atomic E-state index is 11.9. The minimum absolute atomic E-state index is 0.0816. The van der Waals surface area contributed by atoms with E-state index in [0.29, 0.717) is 0 Å². The van der Waals surface area contributed by atoms with Crippen LogP contribution in [0.15, 0.2) is 12.1 Å². The number of benzene rings is 1. The summed E-state index contributed by atoms with van der Waals surface area (Å²) in [5.41, 5.74) is -0.572. The molecule has 0 radical (unpaired) electrons. The Hall–Kier alpha value is -1.86. The number of methoxy groups -OCH3 is 1. The third-order valence-electron chi connectivity index (χ3n) is 2.37. The number of nitro benzene ring substituents is 1. The zero-order valence-electron chi connectivity index (χ0n) is 10.5. The van der Waals surface area contributed by atoms with Crippen LogP contribution >= 0.6 is 23.2 Å². The number of halogens is 2. The number of nitrogens with zero attached hydrogens (tertiary/aromatic N) is 1. The van der Waals surface area contributed by atoms with E-state index < -0.39 is 28.5 Å². The van der Waals surface area contributed by atoms with Crippen LogP contribution in [0.2, 0.25) is 10.0 Å². The number of nitro groups is 1. The molecule has 1 N–H and O–H groups in total. The summed E-state index contributed by atoms with van der Waals surface area (Å²) in [6, 6.07) is 1.25. The molecule has 1 unspecified atom stereocenters. The van der Waals surface area contributed by atoms with Gasteiger partial charge in [0.05, 0.1) is 17.1 Å². The van der Waals surface area contributed by atoms with E-state index in [0.717, 1.165) is 6.07 Å². The minimum Gasteiger partial charge on any atom is -0.467 e. The van der Waals surface area contributed by atoms with Crippen molar-refractivity contribution in [1.29, 1.82) is 0 Å². The average molecular weight is 321 g/mol. The molecular weight excluding hydrogens is 311 g/mol. The summed E-state index contributed by atoms with van der Waals surface area (Å²) in [5.74, 6) is -1.35. The van der Waals surface area contributed by atoms with E-state index in [4.69, 9.17) is 23.2 Å². The molecule has 1 atom stereocenters. The van der Waals surface area contributed by atoms with Crippen LogP contribution in [0.1, 0.15) is 17.3 Å². The van der Waals surface area contributed by atoms with E-state index in [2.05, 4.69) is 10.1 Å². The highest BCUT2D eigenvalue weighted by atomic mass is 35.5. The van der Waals surface area contributed by atoms with Gasteiger partial charge in [0.2, 0.25) is 0 Å². The van der Waals surface area contributed by atoms with Crippen LogP contribution in [0.3, 0.4) is 0 Å². The second kappa shape index (κ2) is 6.53. The van der Waals surface area contributed by atoms with Gasteiger partial charge in [-0.05, 0) is 13.0 Å². The Balaban J connectivity index is 3.05. The van der Waals surface area contributed by atoms with Crippen LogP contribution in [0.25, 0.3) is 0 Å². The second-order valence-corrected chi connectivity index (χ2v) is 4.55. The Morgan fingerprint density at radius 3 is 2.50 bits per heavy atom. The van der Waals surface area contributed by atoms with E-state index in [1.165, 1.54) is 20.1 Å². The molecule has 0 spiro atoms. The molecule has 1 aromatic rings. The number of rotatable bonds is 4. The number of ether oxygens (including phenoxy) is 1. The molecule has 0 bridgehead atoms. The third kappa shape index (κ3) is 3.58. The summed E-state index contributed by atoms with van der Waals surface area (Å²) < 4.78 is 4.44. The summed E-state index contributed by atoms with van der Waals surface area (Å²) >= 11 is 11.4. The van der Waals surface area contributed by atoms with Gasteiger partial charge in [-0.2, -0.15) is 0 Å². The zero-order valence-corrected chi connectivity index (χ0v) is 12.0. The van der Waals surface area contributed by atoms with Crippen molar-refractivity contribution < 1.29 is 19.2 Å². The molecule has 0 aromatic heterocycles. The first kappa shape index (κ1) is 16.2. The Morgan fingerprint density at radius 1 is 1.40 bits per heavy atom. The second-order valence-electron chi connectivity index (χ2n) is 3.77. The van der Waals surface area contributed by atoms with Gasteiger partial charge in [0.25, 0.3) is 11.6 Å². The van der Waals surface area contributed by atoms with Crippen LogP contribution in [0.4, 0.5) is 5.69 Å². The van der Waals surface area contributed by atoms with Gasteiger partial charge in [0.15, 0.2) is 0 Å². The van der Waals surface area contributed by atoms with Crippen LogP contribution in [-0.2, 0) is 9.53 Å². The highest BCUT2D eigenvalue weighted by Crippen LogP contribution is 2.33. The lowest BCUT2D eigenvalue weighted by molar-refractivity contribution is -0.384. The van der Waals surface area contributed by atoms with E-state index in [1.54, 1.807) is 0 Å². The van der Waals surface area contributed by atoms with Crippen LogP contribution < -0.4 is 5.32 Å². The molecule has 1 aromatic carbocycles. The van der Waals surface area contributed by atoms with Crippen LogP contribution in [0, 0.1) is 10.1 Å². The smallest absolute Gasteiger partial charge is 0.328 e. The largest absolute Gasteiger partial charge is 0.467 e. The SMILES string of the molecule is COC(=O)C(C)NC(=O)c1cc(Cl)c(Cl)c([N+](=O)[O-])c1. The highest BCUT2D eigenvalue weighted by molar-refractivity contribution is 6.43. The molecule has 9 heteroatoms. The lowest BCUT2D eigenvalue weighted by Gasteiger charge is -2.11.